The summed E-state index contributed by atoms with van der Waals surface area (Å²) < 4.78 is 18.1. The van der Waals surface area contributed by atoms with Crippen molar-refractivity contribution in [2.75, 3.05) is 0 Å². The van der Waals surface area contributed by atoms with Crippen LogP contribution in [0.2, 0.25) is 0 Å². The number of pyridine rings is 1. The van der Waals surface area contributed by atoms with Crippen molar-refractivity contribution in [3.63, 3.8) is 0 Å². The number of fused-ring (bicyclic) bond motifs is 5. The highest BCUT2D eigenvalue weighted by Gasteiger charge is 2.29. The Kier molecular flexibility index (Phi) is 4.37. The summed E-state index contributed by atoms with van der Waals surface area (Å²) in [5.41, 5.74) is 6.74. The van der Waals surface area contributed by atoms with Crippen LogP contribution in [0.25, 0.3) is 44.0 Å². The van der Waals surface area contributed by atoms with Gasteiger partial charge in [-0.25, -0.2) is 4.57 Å². The molecule has 0 atom stereocenters. The van der Waals surface area contributed by atoms with Gasteiger partial charge < -0.3 is 4.42 Å². The molecule has 166 valence electrons. The summed E-state index contributed by atoms with van der Waals surface area (Å²) in [4.78, 5) is 0. The van der Waals surface area contributed by atoms with E-state index in [1.807, 2.05) is 0 Å². The highest BCUT2D eigenvalue weighted by molar-refractivity contribution is 6.20. The zero-order valence-electron chi connectivity index (χ0n) is 21.0. The van der Waals surface area contributed by atoms with Crippen LogP contribution in [0, 0.1) is 12.3 Å². The number of nitrogens with zero attached hydrogens (tertiary/aromatic N) is 1. The Balaban J connectivity index is 1.58. The molecule has 2 aromatic heterocycles. The lowest BCUT2D eigenvalue weighted by atomic mass is 9.71. The molecular formula is C31H32NO+. The molecule has 0 amide bonds. The van der Waals surface area contributed by atoms with Gasteiger partial charge in [-0.1, -0.05) is 56.3 Å². The Morgan fingerprint density at radius 3 is 2.58 bits per heavy atom. The third-order valence-corrected chi connectivity index (χ3v) is 7.76. The fraction of sp³-hybridized carbons (Fsp3) is 0.323. The Hall–Kier alpha value is -3.13. The van der Waals surface area contributed by atoms with Crippen molar-refractivity contribution in [3.8, 4) is 11.3 Å². The molecule has 1 fully saturated rings. The van der Waals surface area contributed by atoms with Gasteiger partial charge in [-0.3, -0.25) is 0 Å². The Bertz CT molecular complexity index is 1570. The first-order valence-corrected chi connectivity index (χ1v) is 12.1. The van der Waals surface area contributed by atoms with Gasteiger partial charge in [-0.15, -0.1) is 0 Å². The van der Waals surface area contributed by atoms with Crippen LogP contribution in [0.15, 0.2) is 71.3 Å². The molecule has 1 aliphatic carbocycles. The minimum Gasteiger partial charge on any atom is -0.455 e. The molecule has 5 aromatic rings. The molecule has 0 aliphatic heterocycles. The first-order chi connectivity index (χ1) is 16.3. The lowest BCUT2D eigenvalue weighted by molar-refractivity contribution is -0.660. The van der Waals surface area contributed by atoms with Gasteiger partial charge in [0.15, 0.2) is 6.20 Å². The summed E-state index contributed by atoms with van der Waals surface area (Å²) in [6.07, 6.45) is 6.13. The van der Waals surface area contributed by atoms with Crippen molar-refractivity contribution in [2.24, 2.45) is 12.5 Å². The first-order valence-electron chi connectivity index (χ1n) is 12.6. The molecular weight excluding hydrogens is 402 g/mol. The van der Waals surface area contributed by atoms with E-state index in [4.69, 9.17) is 4.42 Å². The standard InChI is InChI=1S/C31H32NO/c1-20-9-11-25-29-24-8-6-5-7-22(24)10-12-27(29)33-30(25)28(20)26-19-23(15-18-32(26)4)21-13-16-31(2,3)17-14-21/h5-12,15,18-19,21H,13-14,16-17H2,1-4H3/q+1/i21D. The third-order valence-electron chi connectivity index (χ3n) is 7.76. The van der Waals surface area contributed by atoms with Crippen LogP contribution in [-0.2, 0) is 7.05 Å². The summed E-state index contributed by atoms with van der Waals surface area (Å²) >= 11 is 0. The highest BCUT2D eigenvalue weighted by Crippen LogP contribution is 2.44. The SMILES string of the molecule is [2H]C1(c2cc[n+](C)c(-c3c(C)ccc4c3oc3ccc5ccccc5c34)c2)CCC(C)(C)CC1. The van der Waals surface area contributed by atoms with Gasteiger partial charge >= 0.3 is 0 Å². The molecule has 0 bridgehead atoms. The maximum absolute atomic E-state index is 9.33. The van der Waals surface area contributed by atoms with Crippen LogP contribution in [0.4, 0.5) is 0 Å². The quantitative estimate of drug-likeness (QED) is 0.255. The number of aromatic nitrogens is 1. The van der Waals surface area contributed by atoms with E-state index < -0.39 is 5.89 Å². The third kappa shape index (κ3) is 3.35. The lowest BCUT2D eigenvalue weighted by Crippen LogP contribution is -2.31. The van der Waals surface area contributed by atoms with Crippen LogP contribution >= 0.6 is 0 Å². The fourth-order valence-corrected chi connectivity index (χ4v) is 5.58. The zero-order valence-corrected chi connectivity index (χ0v) is 20.0. The molecule has 2 nitrogen and oxygen atoms in total. The minimum absolute atomic E-state index is 0.339. The van der Waals surface area contributed by atoms with Crippen LogP contribution < -0.4 is 4.57 Å². The number of hydrogen-bond acceptors (Lipinski definition) is 1. The van der Waals surface area contributed by atoms with Crippen LogP contribution in [0.1, 0.15) is 57.9 Å². The van der Waals surface area contributed by atoms with E-state index in [0.29, 0.717) is 5.41 Å². The summed E-state index contributed by atoms with van der Waals surface area (Å²) in [5, 5.41) is 4.78. The molecule has 1 saturated carbocycles. The summed E-state index contributed by atoms with van der Waals surface area (Å²) in [6, 6.07) is 21.6. The molecule has 3 aromatic carbocycles. The normalized spacial score (nSPS) is 18.1. The van der Waals surface area contributed by atoms with Crippen molar-refractivity contribution in [2.45, 2.75) is 52.3 Å². The van der Waals surface area contributed by atoms with Gasteiger partial charge in [-0.2, -0.15) is 0 Å². The van der Waals surface area contributed by atoms with Crippen LogP contribution in [0.5, 0.6) is 0 Å². The lowest BCUT2D eigenvalue weighted by Gasteiger charge is -2.34. The van der Waals surface area contributed by atoms with Gasteiger partial charge in [0.1, 0.15) is 18.2 Å². The number of aryl methyl sites for hydroxylation is 2. The smallest absolute Gasteiger partial charge is 0.216 e. The topological polar surface area (TPSA) is 17.0 Å². The maximum atomic E-state index is 9.33. The molecule has 0 saturated heterocycles. The van der Waals surface area contributed by atoms with Gasteiger partial charge in [0, 0.05) is 24.3 Å². The first kappa shape index (κ1) is 19.3. The second kappa shape index (κ2) is 7.45. The molecule has 0 N–H and O–H groups in total. The van der Waals surface area contributed by atoms with Crippen LogP contribution in [-0.4, -0.2) is 0 Å². The Morgan fingerprint density at radius 2 is 1.76 bits per heavy atom. The van der Waals surface area contributed by atoms with Crippen LogP contribution in [0.3, 0.4) is 0 Å². The van der Waals surface area contributed by atoms with Gasteiger partial charge in [0.05, 0.1) is 5.56 Å². The van der Waals surface area contributed by atoms with Crippen molar-refractivity contribution >= 4 is 32.7 Å². The number of rotatable bonds is 2. The predicted molar refractivity (Wildman–Crippen MR) is 138 cm³/mol. The molecule has 2 heterocycles. The van der Waals surface area contributed by atoms with Gasteiger partial charge in [0.2, 0.25) is 5.69 Å². The van der Waals surface area contributed by atoms with E-state index in [-0.39, 0.29) is 0 Å². The van der Waals surface area contributed by atoms with Crippen molar-refractivity contribution in [1.82, 2.24) is 0 Å². The van der Waals surface area contributed by atoms with Crippen molar-refractivity contribution < 1.29 is 10.4 Å². The molecule has 0 radical (unpaired) electrons. The monoisotopic (exact) mass is 435 g/mol. The molecule has 0 unspecified atom stereocenters. The van der Waals surface area contributed by atoms with E-state index >= 15 is 0 Å². The molecule has 0 spiro atoms. The largest absolute Gasteiger partial charge is 0.455 e. The number of furan rings is 1. The second-order valence-electron chi connectivity index (χ2n) is 10.6. The predicted octanol–water partition coefficient (Wildman–Crippen LogP) is 8.22. The molecule has 6 rings (SSSR count). The zero-order chi connectivity index (χ0) is 23.7. The Morgan fingerprint density at radius 1 is 0.970 bits per heavy atom. The molecule has 2 heteroatoms. The van der Waals surface area contributed by atoms with Gasteiger partial charge in [0.25, 0.3) is 0 Å². The van der Waals surface area contributed by atoms with E-state index in [0.717, 1.165) is 59.1 Å². The van der Waals surface area contributed by atoms with E-state index in [9.17, 15) is 1.37 Å². The fourth-order valence-electron chi connectivity index (χ4n) is 5.58. The summed E-state index contributed by atoms with van der Waals surface area (Å²) in [6.45, 7) is 6.82. The number of benzene rings is 3. The average Bonchev–Trinajstić information content (AvgIpc) is 3.21. The number of hydrogen-bond donors (Lipinski definition) is 0. The van der Waals surface area contributed by atoms with Crippen molar-refractivity contribution in [3.05, 3.63) is 78.0 Å². The van der Waals surface area contributed by atoms with Gasteiger partial charge in [-0.05, 0) is 71.9 Å². The average molecular weight is 436 g/mol. The maximum Gasteiger partial charge on any atom is 0.216 e. The highest BCUT2D eigenvalue weighted by atomic mass is 16.3. The minimum atomic E-state index is -0.523. The van der Waals surface area contributed by atoms with E-state index in [1.54, 1.807) is 0 Å². The van der Waals surface area contributed by atoms with Crippen molar-refractivity contribution in [1.29, 1.82) is 0 Å². The summed E-state index contributed by atoms with van der Waals surface area (Å²) in [5.74, 6) is -0.523. The molecule has 33 heavy (non-hydrogen) atoms. The molecule has 1 aliphatic rings. The van der Waals surface area contributed by atoms with E-state index in [2.05, 4.69) is 99.2 Å². The Labute approximate surface area is 197 Å². The second-order valence-corrected chi connectivity index (χ2v) is 10.6. The summed E-state index contributed by atoms with van der Waals surface area (Å²) in [7, 11) is 2.09. The van der Waals surface area contributed by atoms with E-state index in [1.165, 1.54) is 21.7 Å².